The second-order valence-corrected chi connectivity index (χ2v) is 5.24. The summed E-state index contributed by atoms with van der Waals surface area (Å²) in [6, 6.07) is 6.41. The van der Waals surface area contributed by atoms with Crippen molar-refractivity contribution in [3.8, 4) is 5.75 Å². The maximum absolute atomic E-state index is 5.61. The molecule has 1 aliphatic rings. The van der Waals surface area contributed by atoms with Gasteiger partial charge in [-0.1, -0.05) is 13.3 Å². The predicted octanol–water partition coefficient (Wildman–Crippen LogP) is 4.08. The number of H-pyrrole nitrogens is 1. The minimum absolute atomic E-state index is 0.732. The largest absolute Gasteiger partial charge is 0.494 e. The minimum Gasteiger partial charge on any atom is -0.494 e. The van der Waals surface area contributed by atoms with E-state index in [-0.39, 0.29) is 0 Å². The van der Waals surface area contributed by atoms with Gasteiger partial charge in [0.25, 0.3) is 0 Å². The molecule has 0 bridgehead atoms. The lowest BCUT2D eigenvalue weighted by Gasteiger charge is -2.20. The summed E-state index contributed by atoms with van der Waals surface area (Å²) >= 11 is 0. The minimum atomic E-state index is 0.732. The van der Waals surface area contributed by atoms with E-state index >= 15 is 0 Å². The fraction of sp³-hybridized carbons (Fsp3) is 0.500. The first kappa shape index (κ1) is 11.6. The summed E-state index contributed by atoms with van der Waals surface area (Å²) in [5.74, 6) is 1.85. The molecule has 1 aromatic carbocycles. The highest BCUT2D eigenvalue weighted by Crippen LogP contribution is 2.34. The van der Waals surface area contributed by atoms with Crippen LogP contribution in [0.15, 0.2) is 18.2 Å². The lowest BCUT2D eigenvalue weighted by Crippen LogP contribution is -2.12. The summed E-state index contributed by atoms with van der Waals surface area (Å²) in [4.78, 5) is 3.57. The van der Waals surface area contributed by atoms with Crippen LogP contribution in [0, 0.1) is 5.92 Å². The summed E-state index contributed by atoms with van der Waals surface area (Å²) in [5.41, 5.74) is 4.24. The van der Waals surface area contributed by atoms with Gasteiger partial charge in [0.2, 0.25) is 0 Å². The predicted molar refractivity (Wildman–Crippen MR) is 75.3 cm³/mol. The second-order valence-electron chi connectivity index (χ2n) is 5.24. The van der Waals surface area contributed by atoms with E-state index in [0.29, 0.717) is 0 Å². The van der Waals surface area contributed by atoms with E-state index in [1.54, 1.807) is 0 Å². The molecule has 96 valence electrons. The molecule has 2 nitrogen and oxygen atoms in total. The molecule has 0 saturated heterocycles. The molecule has 1 aromatic heterocycles. The summed E-state index contributed by atoms with van der Waals surface area (Å²) < 4.78 is 5.61. The van der Waals surface area contributed by atoms with Gasteiger partial charge in [-0.2, -0.15) is 0 Å². The first-order valence-corrected chi connectivity index (χ1v) is 7.08. The molecule has 1 unspecified atom stereocenters. The van der Waals surface area contributed by atoms with Crippen molar-refractivity contribution in [3.63, 3.8) is 0 Å². The van der Waals surface area contributed by atoms with Crippen LogP contribution in [-0.4, -0.2) is 11.6 Å². The molecular weight excluding hydrogens is 222 g/mol. The number of aryl methyl sites for hydroxylation is 1. The number of nitrogens with one attached hydrogen (secondary N) is 1. The van der Waals surface area contributed by atoms with Crippen LogP contribution in [0.4, 0.5) is 0 Å². The van der Waals surface area contributed by atoms with Crippen LogP contribution in [0.3, 0.4) is 0 Å². The number of hydrogen-bond acceptors (Lipinski definition) is 1. The Hall–Kier alpha value is -1.44. The fourth-order valence-corrected chi connectivity index (χ4v) is 3.07. The van der Waals surface area contributed by atoms with Crippen molar-refractivity contribution in [2.24, 2.45) is 5.92 Å². The molecular formula is C16H21NO. The molecule has 1 aliphatic carbocycles. The number of benzene rings is 1. The van der Waals surface area contributed by atoms with Crippen molar-refractivity contribution in [2.75, 3.05) is 6.61 Å². The van der Waals surface area contributed by atoms with Crippen molar-refractivity contribution >= 4 is 10.9 Å². The Morgan fingerprint density at radius 2 is 2.22 bits per heavy atom. The fourth-order valence-electron chi connectivity index (χ4n) is 3.07. The molecule has 1 atom stereocenters. The number of ether oxygens (including phenoxy) is 1. The molecule has 0 fully saturated rings. The first-order chi connectivity index (χ1) is 8.81. The second kappa shape index (κ2) is 4.68. The molecule has 0 aliphatic heterocycles. The van der Waals surface area contributed by atoms with Crippen LogP contribution >= 0.6 is 0 Å². The van der Waals surface area contributed by atoms with E-state index in [0.717, 1.165) is 18.3 Å². The molecule has 18 heavy (non-hydrogen) atoms. The van der Waals surface area contributed by atoms with Gasteiger partial charge in [-0.25, -0.2) is 0 Å². The average molecular weight is 243 g/mol. The maximum Gasteiger partial charge on any atom is 0.120 e. The maximum atomic E-state index is 5.61. The molecule has 0 amide bonds. The van der Waals surface area contributed by atoms with E-state index in [4.69, 9.17) is 4.74 Å². The normalized spacial score (nSPS) is 18.9. The molecule has 3 rings (SSSR count). The van der Waals surface area contributed by atoms with E-state index in [1.165, 1.54) is 47.8 Å². The Labute approximate surface area is 108 Å². The number of aromatic nitrogens is 1. The van der Waals surface area contributed by atoms with Crippen LogP contribution in [0.25, 0.3) is 10.9 Å². The zero-order valence-corrected chi connectivity index (χ0v) is 11.3. The van der Waals surface area contributed by atoms with Crippen molar-refractivity contribution in [1.29, 1.82) is 0 Å². The molecule has 0 spiro atoms. The highest BCUT2D eigenvalue weighted by molar-refractivity contribution is 5.86. The Balaban J connectivity index is 2.05. The molecule has 0 saturated carbocycles. The van der Waals surface area contributed by atoms with Gasteiger partial charge < -0.3 is 9.72 Å². The van der Waals surface area contributed by atoms with Crippen LogP contribution < -0.4 is 4.74 Å². The van der Waals surface area contributed by atoms with Crippen molar-refractivity contribution in [1.82, 2.24) is 4.98 Å². The van der Waals surface area contributed by atoms with E-state index in [2.05, 4.69) is 30.1 Å². The highest BCUT2D eigenvalue weighted by atomic mass is 16.5. The van der Waals surface area contributed by atoms with E-state index in [9.17, 15) is 0 Å². The van der Waals surface area contributed by atoms with Crippen LogP contribution in [0.5, 0.6) is 5.75 Å². The zero-order chi connectivity index (χ0) is 12.5. The van der Waals surface area contributed by atoms with Gasteiger partial charge >= 0.3 is 0 Å². The first-order valence-electron chi connectivity index (χ1n) is 7.08. The number of aromatic amines is 1. The molecule has 2 aromatic rings. The van der Waals surface area contributed by atoms with Gasteiger partial charge in [0.1, 0.15) is 5.75 Å². The highest BCUT2D eigenvalue weighted by Gasteiger charge is 2.21. The Bertz CT molecular complexity index is 555. The van der Waals surface area contributed by atoms with Crippen LogP contribution in [0.2, 0.25) is 0 Å². The summed E-state index contributed by atoms with van der Waals surface area (Å²) in [5, 5.41) is 1.37. The van der Waals surface area contributed by atoms with Crippen LogP contribution in [-0.2, 0) is 12.8 Å². The third-order valence-corrected chi connectivity index (χ3v) is 4.15. The monoisotopic (exact) mass is 243 g/mol. The number of rotatable bonds is 3. The molecule has 1 N–H and O–H groups in total. The topological polar surface area (TPSA) is 25.0 Å². The van der Waals surface area contributed by atoms with Crippen molar-refractivity contribution in [3.05, 3.63) is 29.5 Å². The smallest absolute Gasteiger partial charge is 0.120 e. The lowest BCUT2D eigenvalue weighted by molar-refractivity contribution is 0.340. The van der Waals surface area contributed by atoms with Gasteiger partial charge in [0.05, 0.1) is 6.61 Å². The average Bonchev–Trinajstić information content (AvgIpc) is 2.76. The lowest BCUT2D eigenvalue weighted by atomic mass is 9.85. The van der Waals surface area contributed by atoms with E-state index < -0.39 is 0 Å². The zero-order valence-electron chi connectivity index (χ0n) is 11.3. The number of hydrogen-bond donors (Lipinski definition) is 1. The van der Waals surface area contributed by atoms with Gasteiger partial charge in [-0.05, 0) is 55.9 Å². The van der Waals surface area contributed by atoms with Crippen LogP contribution in [0.1, 0.15) is 37.9 Å². The molecule has 1 heterocycles. The van der Waals surface area contributed by atoms with Gasteiger partial charge in [-0.15, -0.1) is 0 Å². The molecule has 2 heteroatoms. The standard InChI is InChI=1S/C16H21NO/c1-3-11-5-7-15-13(9-11)14-10-12(18-4-2)6-8-16(14)17-15/h6,8,10-11,17H,3-5,7,9H2,1-2H3. The Morgan fingerprint density at radius 3 is 3.00 bits per heavy atom. The van der Waals surface area contributed by atoms with Crippen molar-refractivity contribution < 1.29 is 4.74 Å². The molecule has 0 radical (unpaired) electrons. The third-order valence-electron chi connectivity index (χ3n) is 4.15. The Morgan fingerprint density at radius 1 is 1.33 bits per heavy atom. The number of fused-ring (bicyclic) bond motifs is 3. The van der Waals surface area contributed by atoms with E-state index in [1.807, 2.05) is 6.92 Å². The van der Waals surface area contributed by atoms with Gasteiger partial charge in [-0.3, -0.25) is 0 Å². The quantitative estimate of drug-likeness (QED) is 0.863. The van der Waals surface area contributed by atoms with Gasteiger partial charge in [0, 0.05) is 16.6 Å². The van der Waals surface area contributed by atoms with Gasteiger partial charge in [0.15, 0.2) is 0 Å². The summed E-state index contributed by atoms with van der Waals surface area (Å²) in [6.07, 6.45) is 5.04. The Kier molecular flexibility index (Phi) is 3.02. The summed E-state index contributed by atoms with van der Waals surface area (Å²) in [6.45, 7) is 5.07. The van der Waals surface area contributed by atoms with Crippen molar-refractivity contribution in [2.45, 2.75) is 39.5 Å². The SMILES string of the molecule is CCOc1ccc2[nH]c3c(c2c1)CC(CC)CC3. The third kappa shape index (κ3) is 1.90. The summed E-state index contributed by atoms with van der Waals surface area (Å²) in [7, 11) is 0.